The highest BCUT2D eigenvalue weighted by Gasteiger charge is 2.31. The average molecular weight is 187 g/mol. The van der Waals surface area contributed by atoms with Gasteiger partial charge in [-0.1, -0.05) is 13.8 Å². The summed E-state index contributed by atoms with van der Waals surface area (Å²) < 4.78 is 5.39. The van der Waals surface area contributed by atoms with Crippen molar-refractivity contribution >= 4 is 0 Å². The summed E-state index contributed by atoms with van der Waals surface area (Å²) in [5.74, 6) is 0.616. The number of ether oxygens (including phenoxy) is 1. The van der Waals surface area contributed by atoms with Crippen molar-refractivity contribution in [1.29, 1.82) is 0 Å². The molecule has 1 atom stereocenters. The van der Waals surface area contributed by atoms with Crippen LogP contribution >= 0.6 is 0 Å². The Morgan fingerprint density at radius 3 is 2.77 bits per heavy atom. The van der Waals surface area contributed by atoms with Crippen molar-refractivity contribution in [2.45, 2.75) is 32.2 Å². The zero-order valence-corrected chi connectivity index (χ0v) is 8.68. The van der Waals surface area contributed by atoms with Crippen LogP contribution < -0.4 is 5.32 Å². The molecule has 78 valence electrons. The first-order valence-corrected chi connectivity index (χ1v) is 5.12. The van der Waals surface area contributed by atoms with Gasteiger partial charge in [-0.15, -0.1) is 0 Å². The fourth-order valence-corrected chi connectivity index (χ4v) is 1.59. The first kappa shape index (κ1) is 11.0. The summed E-state index contributed by atoms with van der Waals surface area (Å²) in [4.78, 5) is 0. The van der Waals surface area contributed by atoms with Gasteiger partial charge in [-0.2, -0.15) is 0 Å². The van der Waals surface area contributed by atoms with Gasteiger partial charge in [0, 0.05) is 6.61 Å². The molecule has 1 aliphatic rings. The van der Waals surface area contributed by atoms with E-state index < -0.39 is 0 Å². The Labute approximate surface area is 80.5 Å². The lowest BCUT2D eigenvalue weighted by molar-refractivity contribution is -0.00833. The SMILES string of the molecule is CC(C)CNC1(CO)CCCOC1. The maximum Gasteiger partial charge on any atom is 0.0670 e. The van der Waals surface area contributed by atoms with E-state index in [0.717, 1.165) is 26.0 Å². The Bertz CT molecular complexity index is 142. The van der Waals surface area contributed by atoms with Crippen LogP contribution in [0.2, 0.25) is 0 Å². The Hall–Kier alpha value is -0.120. The zero-order chi connectivity index (χ0) is 9.73. The van der Waals surface area contributed by atoms with Gasteiger partial charge in [0.1, 0.15) is 0 Å². The quantitative estimate of drug-likeness (QED) is 0.683. The van der Waals surface area contributed by atoms with Gasteiger partial charge in [0.2, 0.25) is 0 Å². The van der Waals surface area contributed by atoms with Crippen molar-refractivity contribution in [1.82, 2.24) is 5.32 Å². The molecule has 0 spiro atoms. The van der Waals surface area contributed by atoms with Crippen molar-refractivity contribution in [3.05, 3.63) is 0 Å². The molecule has 1 heterocycles. The van der Waals surface area contributed by atoms with Gasteiger partial charge >= 0.3 is 0 Å². The van der Waals surface area contributed by atoms with E-state index in [1.54, 1.807) is 0 Å². The van der Waals surface area contributed by atoms with Crippen molar-refractivity contribution in [3.8, 4) is 0 Å². The summed E-state index contributed by atoms with van der Waals surface area (Å²) >= 11 is 0. The standard InChI is InChI=1S/C10H21NO2/c1-9(2)6-11-10(7-12)4-3-5-13-8-10/h9,11-12H,3-8H2,1-2H3. The van der Waals surface area contributed by atoms with Crippen LogP contribution in [0.3, 0.4) is 0 Å². The van der Waals surface area contributed by atoms with Gasteiger partial charge in [0.15, 0.2) is 0 Å². The minimum absolute atomic E-state index is 0.164. The van der Waals surface area contributed by atoms with Crippen LogP contribution in [-0.2, 0) is 4.74 Å². The van der Waals surface area contributed by atoms with Crippen LogP contribution in [0.5, 0.6) is 0 Å². The highest BCUT2D eigenvalue weighted by molar-refractivity contribution is 4.89. The van der Waals surface area contributed by atoms with Crippen LogP contribution in [0.25, 0.3) is 0 Å². The number of aliphatic hydroxyl groups is 1. The number of hydrogen-bond acceptors (Lipinski definition) is 3. The second kappa shape index (κ2) is 4.94. The number of hydrogen-bond donors (Lipinski definition) is 2. The first-order chi connectivity index (χ1) is 6.18. The third-order valence-corrected chi connectivity index (χ3v) is 2.51. The molecule has 0 radical (unpaired) electrons. The molecular formula is C10H21NO2. The third kappa shape index (κ3) is 3.25. The van der Waals surface area contributed by atoms with Crippen LogP contribution in [0.1, 0.15) is 26.7 Å². The lowest BCUT2D eigenvalue weighted by Crippen LogP contribution is -2.55. The van der Waals surface area contributed by atoms with Crippen molar-refractivity contribution in [2.75, 3.05) is 26.4 Å². The van der Waals surface area contributed by atoms with Crippen molar-refractivity contribution in [3.63, 3.8) is 0 Å². The second-order valence-corrected chi connectivity index (χ2v) is 4.37. The van der Waals surface area contributed by atoms with Crippen LogP contribution in [-0.4, -0.2) is 37.0 Å². The van der Waals surface area contributed by atoms with E-state index in [0.29, 0.717) is 12.5 Å². The fourth-order valence-electron chi connectivity index (χ4n) is 1.59. The Balaban J connectivity index is 2.38. The summed E-state index contributed by atoms with van der Waals surface area (Å²) in [6, 6.07) is 0. The van der Waals surface area contributed by atoms with Gasteiger partial charge in [-0.3, -0.25) is 0 Å². The molecule has 1 rings (SSSR count). The number of nitrogens with one attached hydrogen (secondary N) is 1. The van der Waals surface area contributed by atoms with E-state index in [1.807, 2.05) is 0 Å². The molecule has 0 aliphatic carbocycles. The summed E-state index contributed by atoms with van der Waals surface area (Å²) in [7, 11) is 0. The van der Waals surface area contributed by atoms with Gasteiger partial charge < -0.3 is 15.2 Å². The molecule has 0 amide bonds. The molecule has 1 fully saturated rings. The van der Waals surface area contributed by atoms with Gasteiger partial charge in [-0.25, -0.2) is 0 Å². The maximum absolute atomic E-state index is 9.31. The second-order valence-electron chi connectivity index (χ2n) is 4.37. The molecule has 3 heteroatoms. The molecule has 0 aromatic carbocycles. The highest BCUT2D eigenvalue weighted by atomic mass is 16.5. The largest absolute Gasteiger partial charge is 0.394 e. The van der Waals surface area contributed by atoms with E-state index in [9.17, 15) is 5.11 Å². The van der Waals surface area contributed by atoms with Crippen molar-refractivity contribution < 1.29 is 9.84 Å². The summed E-state index contributed by atoms with van der Waals surface area (Å²) in [5, 5.41) is 12.7. The van der Waals surface area contributed by atoms with Crippen LogP contribution in [0, 0.1) is 5.92 Å². The number of aliphatic hydroxyl groups excluding tert-OH is 1. The zero-order valence-electron chi connectivity index (χ0n) is 8.68. The molecule has 3 nitrogen and oxygen atoms in total. The van der Waals surface area contributed by atoms with Gasteiger partial charge in [0.25, 0.3) is 0 Å². The highest BCUT2D eigenvalue weighted by Crippen LogP contribution is 2.18. The maximum atomic E-state index is 9.31. The Morgan fingerprint density at radius 2 is 2.31 bits per heavy atom. The molecule has 1 saturated heterocycles. The normalized spacial score (nSPS) is 29.5. The molecule has 13 heavy (non-hydrogen) atoms. The Kier molecular flexibility index (Phi) is 4.16. The van der Waals surface area contributed by atoms with Gasteiger partial charge in [0.05, 0.1) is 18.8 Å². The van der Waals surface area contributed by atoms with E-state index in [1.165, 1.54) is 0 Å². The predicted molar refractivity (Wildman–Crippen MR) is 52.7 cm³/mol. The fraction of sp³-hybridized carbons (Fsp3) is 1.00. The lowest BCUT2D eigenvalue weighted by atomic mass is 9.93. The van der Waals surface area contributed by atoms with Crippen LogP contribution in [0.4, 0.5) is 0 Å². The summed E-state index contributed by atoms with van der Waals surface area (Å²) in [5.41, 5.74) is -0.164. The minimum atomic E-state index is -0.164. The molecule has 0 bridgehead atoms. The smallest absolute Gasteiger partial charge is 0.0670 e. The van der Waals surface area contributed by atoms with E-state index >= 15 is 0 Å². The third-order valence-electron chi connectivity index (χ3n) is 2.51. The van der Waals surface area contributed by atoms with E-state index in [4.69, 9.17) is 4.74 Å². The molecule has 0 aromatic heterocycles. The monoisotopic (exact) mass is 187 g/mol. The Morgan fingerprint density at radius 1 is 1.54 bits per heavy atom. The predicted octanol–water partition coefficient (Wildman–Crippen LogP) is 0.773. The average Bonchev–Trinajstić information content (AvgIpc) is 2.16. The van der Waals surface area contributed by atoms with E-state index in [2.05, 4.69) is 19.2 Å². The van der Waals surface area contributed by atoms with Crippen molar-refractivity contribution in [2.24, 2.45) is 5.92 Å². The number of rotatable bonds is 4. The first-order valence-electron chi connectivity index (χ1n) is 5.12. The van der Waals surface area contributed by atoms with Crippen LogP contribution in [0.15, 0.2) is 0 Å². The molecule has 1 unspecified atom stereocenters. The molecule has 2 N–H and O–H groups in total. The minimum Gasteiger partial charge on any atom is -0.394 e. The van der Waals surface area contributed by atoms with E-state index in [-0.39, 0.29) is 12.1 Å². The summed E-state index contributed by atoms with van der Waals surface area (Å²) in [6.07, 6.45) is 2.07. The lowest BCUT2D eigenvalue weighted by Gasteiger charge is -2.36. The molecule has 0 saturated carbocycles. The summed E-state index contributed by atoms with van der Waals surface area (Å²) in [6.45, 7) is 6.95. The molecular weight excluding hydrogens is 166 g/mol. The molecule has 1 aliphatic heterocycles. The molecule has 0 aromatic rings. The topological polar surface area (TPSA) is 41.5 Å². The van der Waals surface area contributed by atoms with Gasteiger partial charge in [-0.05, 0) is 25.3 Å².